The van der Waals surface area contributed by atoms with E-state index < -0.39 is 0 Å². The number of rotatable bonds is 7. The summed E-state index contributed by atoms with van der Waals surface area (Å²) in [5.41, 5.74) is 0.834. The molecule has 0 aliphatic heterocycles. The number of amides is 1. The van der Waals surface area contributed by atoms with E-state index >= 15 is 0 Å². The second kappa shape index (κ2) is 6.89. The van der Waals surface area contributed by atoms with Gasteiger partial charge in [0.05, 0.1) is 6.26 Å². The lowest BCUT2D eigenvalue weighted by Crippen LogP contribution is -2.25. The average molecular weight is 298 g/mol. The van der Waals surface area contributed by atoms with Gasteiger partial charge >= 0.3 is 0 Å². The lowest BCUT2D eigenvalue weighted by atomic mass is 10.2. The van der Waals surface area contributed by atoms with Crippen molar-refractivity contribution >= 4 is 11.6 Å². The van der Waals surface area contributed by atoms with Crippen LogP contribution in [0.2, 0.25) is 0 Å². The third-order valence-electron chi connectivity index (χ3n) is 3.46. The highest BCUT2D eigenvalue weighted by atomic mass is 16.3. The quantitative estimate of drug-likeness (QED) is 0.724. The molecule has 0 atom stereocenters. The Labute approximate surface area is 128 Å². The number of fused-ring (bicyclic) bond motifs is 1. The van der Waals surface area contributed by atoms with E-state index in [0.717, 1.165) is 30.1 Å². The summed E-state index contributed by atoms with van der Waals surface area (Å²) in [6.07, 6.45) is 6.26. The van der Waals surface area contributed by atoms with Crippen LogP contribution >= 0.6 is 0 Å². The number of pyridine rings is 1. The minimum Gasteiger partial charge on any atom is -0.469 e. The lowest BCUT2D eigenvalue weighted by molar-refractivity contribution is -0.121. The Balaban J connectivity index is 1.40. The van der Waals surface area contributed by atoms with Crippen LogP contribution in [-0.2, 0) is 17.6 Å². The molecule has 22 heavy (non-hydrogen) atoms. The molecule has 0 aliphatic carbocycles. The lowest BCUT2D eigenvalue weighted by Gasteiger charge is -2.04. The molecule has 3 rings (SSSR count). The summed E-state index contributed by atoms with van der Waals surface area (Å²) in [6, 6.07) is 9.54. The van der Waals surface area contributed by atoms with Crippen molar-refractivity contribution in [3.05, 3.63) is 54.4 Å². The summed E-state index contributed by atoms with van der Waals surface area (Å²) in [5.74, 6) is 1.83. The standard InChI is InChI=1S/C16H18N4O2/c21-16(17-10-9-13-5-4-12-22-13)8-3-7-15-19-18-14-6-1-2-11-20(14)15/h1-2,4-6,11-12H,3,7-10H2,(H,17,21). The molecule has 3 aromatic rings. The first-order valence-electron chi connectivity index (χ1n) is 7.40. The number of hydrogen-bond acceptors (Lipinski definition) is 4. The molecule has 1 amide bonds. The van der Waals surface area contributed by atoms with Crippen LogP contribution in [0.4, 0.5) is 0 Å². The Morgan fingerprint density at radius 3 is 3.00 bits per heavy atom. The van der Waals surface area contributed by atoms with Crippen LogP contribution in [0.5, 0.6) is 0 Å². The number of furan rings is 1. The molecular weight excluding hydrogens is 280 g/mol. The number of nitrogens with zero attached hydrogens (tertiary/aromatic N) is 3. The highest BCUT2D eigenvalue weighted by Gasteiger charge is 2.06. The maximum absolute atomic E-state index is 11.8. The zero-order valence-corrected chi connectivity index (χ0v) is 12.2. The molecule has 6 nitrogen and oxygen atoms in total. The van der Waals surface area contributed by atoms with Gasteiger partial charge in [-0.25, -0.2) is 0 Å². The van der Waals surface area contributed by atoms with Gasteiger partial charge in [-0.15, -0.1) is 10.2 Å². The molecule has 0 saturated carbocycles. The van der Waals surface area contributed by atoms with Gasteiger partial charge in [-0.05, 0) is 30.7 Å². The van der Waals surface area contributed by atoms with Crippen LogP contribution in [0.25, 0.3) is 5.65 Å². The topological polar surface area (TPSA) is 72.4 Å². The summed E-state index contributed by atoms with van der Waals surface area (Å²) in [4.78, 5) is 11.8. The van der Waals surface area contributed by atoms with Crippen molar-refractivity contribution in [2.24, 2.45) is 0 Å². The largest absolute Gasteiger partial charge is 0.469 e. The highest BCUT2D eigenvalue weighted by Crippen LogP contribution is 2.06. The number of aromatic nitrogens is 3. The fourth-order valence-corrected chi connectivity index (χ4v) is 2.34. The van der Waals surface area contributed by atoms with Crippen molar-refractivity contribution in [1.29, 1.82) is 0 Å². The third-order valence-corrected chi connectivity index (χ3v) is 3.46. The number of nitrogens with one attached hydrogen (secondary N) is 1. The van der Waals surface area contributed by atoms with E-state index in [9.17, 15) is 4.79 Å². The average Bonchev–Trinajstić information content (AvgIpc) is 3.17. The first-order chi connectivity index (χ1) is 10.8. The van der Waals surface area contributed by atoms with Gasteiger partial charge in [-0.2, -0.15) is 0 Å². The second-order valence-electron chi connectivity index (χ2n) is 5.08. The summed E-state index contributed by atoms with van der Waals surface area (Å²) < 4.78 is 7.17. The molecular formula is C16H18N4O2. The zero-order valence-electron chi connectivity index (χ0n) is 12.2. The van der Waals surface area contributed by atoms with Crippen LogP contribution in [0.15, 0.2) is 47.2 Å². The van der Waals surface area contributed by atoms with Gasteiger partial charge in [0.25, 0.3) is 0 Å². The molecule has 0 bridgehead atoms. The van der Waals surface area contributed by atoms with Crippen LogP contribution in [0.3, 0.4) is 0 Å². The molecule has 0 unspecified atom stereocenters. The number of carbonyl (C=O) groups excluding carboxylic acids is 1. The summed E-state index contributed by atoms with van der Waals surface area (Å²) in [6.45, 7) is 0.597. The Bertz CT molecular complexity index is 734. The first-order valence-corrected chi connectivity index (χ1v) is 7.40. The van der Waals surface area contributed by atoms with Gasteiger partial charge in [0.15, 0.2) is 5.65 Å². The van der Waals surface area contributed by atoms with Crippen molar-refractivity contribution in [1.82, 2.24) is 19.9 Å². The van der Waals surface area contributed by atoms with E-state index in [1.807, 2.05) is 40.9 Å². The minimum atomic E-state index is 0.0559. The molecule has 0 spiro atoms. The molecule has 0 radical (unpaired) electrons. The SMILES string of the molecule is O=C(CCCc1nnc2ccccn12)NCCc1ccco1. The number of hydrogen-bond donors (Lipinski definition) is 1. The molecule has 0 aromatic carbocycles. The normalized spacial score (nSPS) is 10.9. The van der Waals surface area contributed by atoms with E-state index in [2.05, 4.69) is 15.5 Å². The van der Waals surface area contributed by atoms with Crippen molar-refractivity contribution in [3.8, 4) is 0 Å². The van der Waals surface area contributed by atoms with E-state index in [4.69, 9.17) is 4.42 Å². The fraction of sp³-hybridized carbons (Fsp3) is 0.312. The molecule has 0 fully saturated rings. The van der Waals surface area contributed by atoms with Crippen molar-refractivity contribution in [3.63, 3.8) is 0 Å². The first kappa shape index (κ1) is 14.3. The van der Waals surface area contributed by atoms with Crippen LogP contribution in [0, 0.1) is 0 Å². The molecule has 0 aliphatic rings. The van der Waals surface area contributed by atoms with Crippen molar-refractivity contribution in [2.45, 2.75) is 25.7 Å². The van der Waals surface area contributed by atoms with Gasteiger partial charge in [0.2, 0.25) is 5.91 Å². The zero-order chi connectivity index (χ0) is 15.2. The van der Waals surface area contributed by atoms with Gasteiger partial charge in [0.1, 0.15) is 11.6 Å². The smallest absolute Gasteiger partial charge is 0.220 e. The third kappa shape index (κ3) is 3.52. The van der Waals surface area contributed by atoms with Crippen LogP contribution < -0.4 is 5.32 Å². The summed E-state index contributed by atoms with van der Waals surface area (Å²) >= 11 is 0. The molecule has 0 saturated heterocycles. The molecule has 3 aromatic heterocycles. The molecule has 6 heteroatoms. The van der Waals surface area contributed by atoms with E-state index in [1.165, 1.54) is 0 Å². The predicted molar refractivity (Wildman–Crippen MR) is 81.3 cm³/mol. The number of aryl methyl sites for hydroxylation is 1. The molecule has 3 heterocycles. The Hall–Kier alpha value is -2.63. The fourth-order valence-electron chi connectivity index (χ4n) is 2.34. The van der Waals surface area contributed by atoms with E-state index in [1.54, 1.807) is 6.26 Å². The Morgan fingerprint density at radius 2 is 2.14 bits per heavy atom. The predicted octanol–water partition coefficient (Wildman–Crippen LogP) is 2.00. The van der Waals surface area contributed by atoms with Gasteiger partial charge in [0, 0.05) is 32.0 Å². The van der Waals surface area contributed by atoms with E-state index in [0.29, 0.717) is 19.4 Å². The van der Waals surface area contributed by atoms with Crippen molar-refractivity contribution in [2.75, 3.05) is 6.54 Å². The number of carbonyl (C=O) groups is 1. The summed E-state index contributed by atoms with van der Waals surface area (Å²) in [5, 5.41) is 11.1. The van der Waals surface area contributed by atoms with E-state index in [-0.39, 0.29) is 5.91 Å². The van der Waals surface area contributed by atoms with Gasteiger partial charge in [-0.1, -0.05) is 6.07 Å². The van der Waals surface area contributed by atoms with Gasteiger partial charge in [-0.3, -0.25) is 9.20 Å². The minimum absolute atomic E-state index is 0.0559. The Kier molecular flexibility index (Phi) is 4.48. The highest BCUT2D eigenvalue weighted by molar-refractivity contribution is 5.75. The Morgan fingerprint density at radius 1 is 1.18 bits per heavy atom. The molecule has 1 N–H and O–H groups in total. The maximum atomic E-state index is 11.8. The maximum Gasteiger partial charge on any atom is 0.220 e. The molecule has 114 valence electrons. The second-order valence-corrected chi connectivity index (χ2v) is 5.08. The summed E-state index contributed by atoms with van der Waals surface area (Å²) in [7, 11) is 0. The van der Waals surface area contributed by atoms with Gasteiger partial charge < -0.3 is 9.73 Å². The monoisotopic (exact) mass is 298 g/mol. The van der Waals surface area contributed by atoms with Crippen LogP contribution in [0.1, 0.15) is 24.4 Å². The van der Waals surface area contributed by atoms with Crippen molar-refractivity contribution < 1.29 is 9.21 Å². The van der Waals surface area contributed by atoms with Crippen LogP contribution in [-0.4, -0.2) is 27.0 Å².